The molecule has 0 saturated carbocycles. The van der Waals surface area contributed by atoms with Crippen molar-refractivity contribution in [2.75, 3.05) is 31.3 Å². The highest BCUT2D eigenvalue weighted by Crippen LogP contribution is 2.14. The van der Waals surface area contributed by atoms with Crippen LogP contribution < -0.4 is 16.4 Å². The monoisotopic (exact) mass is 292 g/mol. The molecule has 0 aromatic heterocycles. The number of hydrogen-bond acceptors (Lipinski definition) is 4. The third kappa shape index (κ3) is 5.93. The van der Waals surface area contributed by atoms with Gasteiger partial charge in [-0.2, -0.15) is 0 Å². The smallest absolute Gasteiger partial charge is 0.241 e. The highest BCUT2D eigenvalue weighted by Gasteiger charge is 2.17. The van der Waals surface area contributed by atoms with E-state index in [4.69, 9.17) is 5.73 Å². The summed E-state index contributed by atoms with van der Waals surface area (Å²) in [5, 5.41) is 5.53. The summed E-state index contributed by atoms with van der Waals surface area (Å²) in [5.74, 6) is -0.220. The van der Waals surface area contributed by atoms with E-state index in [1.54, 1.807) is 29.2 Å². The second kappa shape index (κ2) is 7.75. The van der Waals surface area contributed by atoms with E-state index in [0.29, 0.717) is 17.9 Å². The number of nitrogens with zero attached hydrogens (tertiary/aromatic N) is 1. The van der Waals surface area contributed by atoms with Crippen LogP contribution in [0.15, 0.2) is 24.3 Å². The molecule has 21 heavy (non-hydrogen) atoms. The lowest BCUT2D eigenvalue weighted by Gasteiger charge is -2.15. The van der Waals surface area contributed by atoms with Gasteiger partial charge < -0.3 is 21.3 Å². The van der Waals surface area contributed by atoms with Crippen molar-refractivity contribution in [1.29, 1.82) is 0 Å². The third-order valence-corrected chi connectivity index (χ3v) is 2.92. The molecule has 6 heteroatoms. The molecule has 2 amide bonds. The Kier molecular flexibility index (Phi) is 6.33. The maximum absolute atomic E-state index is 11.8. The van der Waals surface area contributed by atoms with E-state index in [2.05, 4.69) is 10.6 Å². The molecule has 0 fully saturated rings. The lowest BCUT2D eigenvalue weighted by Crippen LogP contribution is -2.39. The Bertz CT molecular complexity index is 483. The van der Waals surface area contributed by atoms with Gasteiger partial charge in [0.1, 0.15) is 0 Å². The summed E-state index contributed by atoms with van der Waals surface area (Å²) in [4.78, 5) is 25.2. The zero-order chi connectivity index (χ0) is 16.0. The third-order valence-electron chi connectivity index (χ3n) is 2.92. The summed E-state index contributed by atoms with van der Waals surface area (Å²) < 4.78 is 0. The molecule has 1 rings (SSSR count). The molecule has 0 heterocycles. The molecule has 0 aliphatic rings. The summed E-state index contributed by atoms with van der Waals surface area (Å²) in [6.07, 6.45) is 0. The van der Waals surface area contributed by atoms with Crippen LogP contribution in [0.4, 0.5) is 11.4 Å². The van der Waals surface area contributed by atoms with Gasteiger partial charge >= 0.3 is 0 Å². The van der Waals surface area contributed by atoms with Gasteiger partial charge in [0.05, 0.1) is 12.6 Å². The molecule has 116 valence electrons. The van der Waals surface area contributed by atoms with Crippen molar-refractivity contribution < 1.29 is 9.59 Å². The number of nitrogens with one attached hydrogen (secondary N) is 2. The Labute approximate surface area is 125 Å². The lowest BCUT2D eigenvalue weighted by atomic mass is 10.0. The van der Waals surface area contributed by atoms with Gasteiger partial charge in [-0.1, -0.05) is 13.8 Å². The van der Waals surface area contributed by atoms with Gasteiger partial charge in [-0.3, -0.25) is 9.59 Å². The molecule has 0 aliphatic carbocycles. The summed E-state index contributed by atoms with van der Waals surface area (Å²) in [7, 11) is 3.66. The van der Waals surface area contributed by atoms with Crippen molar-refractivity contribution >= 4 is 23.2 Å². The number of benzene rings is 1. The number of anilines is 2. The molecule has 0 bridgehead atoms. The van der Waals surface area contributed by atoms with Gasteiger partial charge in [-0.15, -0.1) is 0 Å². The van der Waals surface area contributed by atoms with Crippen molar-refractivity contribution in [2.24, 2.45) is 11.7 Å². The van der Waals surface area contributed by atoms with E-state index in [1.807, 2.05) is 27.9 Å². The first-order valence-electron chi connectivity index (χ1n) is 6.90. The first-order chi connectivity index (χ1) is 9.79. The van der Waals surface area contributed by atoms with Gasteiger partial charge in [-0.05, 0) is 44.3 Å². The SMILES string of the molecule is CC(C)[C@H](N)C(=O)Nc1ccc(NC(=O)CN(C)C)cc1. The average Bonchev–Trinajstić information content (AvgIpc) is 2.38. The Hall–Kier alpha value is -1.92. The van der Waals surface area contributed by atoms with Crippen LogP contribution in [0.2, 0.25) is 0 Å². The molecule has 1 aromatic carbocycles. The van der Waals surface area contributed by atoms with Crippen LogP contribution in [-0.2, 0) is 9.59 Å². The first-order valence-corrected chi connectivity index (χ1v) is 6.90. The topological polar surface area (TPSA) is 87.5 Å². The van der Waals surface area contributed by atoms with Gasteiger partial charge in [-0.25, -0.2) is 0 Å². The lowest BCUT2D eigenvalue weighted by molar-refractivity contribution is -0.118. The van der Waals surface area contributed by atoms with E-state index in [-0.39, 0.29) is 17.7 Å². The predicted octanol–water partition coefficient (Wildman–Crippen LogP) is 1.11. The summed E-state index contributed by atoms with van der Waals surface area (Å²) >= 11 is 0. The Balaban J connectivity index is 2.58. The summed E-state index contributed by atoms with van der Waals surface area (Å²) in [5.41, 5.74) is 7.12. The molecule has 0 spiro atoms. The minimum absolute atomic E-state index is 0.0783. The summed E-state index contributed by atoms with van der Waals surface area (Å²) in [6, 6.07) is 6.41. The normalized spacial score (nSPS) is 12.3. The molecule has 0 radical (unpaired) electrons. The minimum Gasteiger partial charge on any atom is -0.325 e. The zero-order valence-electron chi connectivity index (χ0n) is 13.0. The molecule has 0 aliphatic heterocycles. The zero-order valence-corrected chi connectivity index (χ0v) is 13.0. The predicted molar refractivity (Wildman–Crippen MR) is 85.1 cm³/mol. The number of likely N-dealkylation sites (N-methyl/N-ethyl adjacent to an activating group) is 1. The van der Waals surface area contributed by atoms with Crippen molar-refractivity contribution in [3.8, 4) is 0 Å². The molecule has 0 unspecified atom stereocenters. The molecule has 6 nitrogen and oxygen atoms in total. The Morgan fingerprint density at radius 3 is 2.00 bits per heavy atom. The van der Waals surface area contributed by atoms with E-state index < -0.39 is 6.04 Å². The van der Waals surface area contributed by atoms with Crippen molar-refractivity contribution in [2.45, 2.75) is 19.9 Å². The van der Waals surface area contributed by atoms with Crippen LogP contribution in [0.25, 0.3) is 0 Å². The Morgan fingerprint density at radius 1 is 1.10 bits per heavy atom. The van der Waals surface area contributed by atoms with E-state index >= 15 is 0 Å². The maximum atomic E-state index is 11.8. The molecule has 1 atom stereocenters. The second-order valence-electron chi connectivity index (χ2n) is 5.62. The van der Waals surface area contributed by atoms with Crippen LogP contribution in [0.1, 0.15) is 13.8 Å². The van der Waals surface area contributed by atoms with Crippen molar-refractivity contribution in [1.82, 2.24) is 4.90 Å². The number of rotatable bonds is 6. The highest BCUT2D eigenvalue weighted by atomic mass is 16.2. The first kappa shape index (κ1) is 17.1. The molecular formula is C15H24N4O2. The Morgan fingerprint density at radius 2 is 1.57 bits per heavy atom. The number of amides is 2. The maximum Gasteiger partial charge on any atom is 0.241 e. The van der Waals surface area contributed by atoms with Gasteiger partial charge in [0.2, 0.25) is 11.8 Å². The quantitative estimate of drug-likeness (QED) is 0.733. The fourth-order valence-corrected chi connectivity index (χ4v) is 1.65. The second-order valence-corrected chi connectivity index (χ2v) is 5.62. The summed E-state index contributed by atoms with van der Waals surface area (Å²) in [6.45, 7) is 4.11. The van der Waals surface area contributed by atoms with E-state index in [1.165, 1.54) is 0 Å². The fourth-order valence-electron chi connectivity index (χ4n) is 1.65. The van der Waals surface area contributed by atoms with Gasteiger partial charge in [0.15, 0.2) is 0 Å². The molecule has 4 N–H and O–H groups in total. The average molecular weight is 292 g/mol. The van der Waals surface area contributed by atoms with Crippen LogP contribution in [0.3, 0.4) is 0 Å². The van der Waals surface area contributed by atoms with E-state index in [9.17, 15) is 9.59 Å². The number of hydrogen-bond donors (Lipinski definition) is 3. The standard InChI is InChI=1S/C15H24N4O2/c1-10(2)14(16)15(21)18-12-7-5-11(6-8-12)17-13(20)9-19(3)4/h5-8,10,14H,9,16H2,1-4H3,(H,17,20)(H,18,21)/t14-/m0/s1. The fraction of sp³-hybridized carbons (Fsp3) is 0.467. The molecule has 1 aromatic rings. The highest BCUT2D eigenvalue weighted by molar-refractivity contribution is 5.95. The number of carbonyl (C=O) groups is 2. The van der Waals surface area contributed by atoms with Crippen molar-refractivity contribution in [3.63, 3.8) is 0 Å². The van der Waals surface area contributed by atoms with Crippen LogP contribution in [0, 0.1) is 5.92 Å². The van der Waals surface area contributed by atoms with Gasteiger partial charge in [0, 0.05) is 11.4 Å². The molecule has 0 saturated heterocycles. The number of nitrogens with two attached hydrogens (primary N) is 1. The van der Waals surface area contributed by atoms with Gasteiger partial charge in [0.25, 0.3) is 0 Å². The van der Waals surface area contributed by atoms with Crippen LogP contribution in [-0.4, -0.2) is 43.4 Å². The van der Waals surface area contributed by atoms with Crippen LogP contribution >= 0.6 is 0 Å². The minimum atomic E-state index is -0.538. The van der Waals surface area contributed by atoms with E-state index in [0.717, 1.165) is 0 Å². The number of carbonyl (C=O) groups excluding carboxylic acids is 2. The largest absolute Gasteiger partial charge is 0.325 e. The molecular weight excluding hydrogens is 268 g/mol. The van der Waals surface area contributed by atoms with Crippen molar-refractivity contribution in [3.05, 3.63) is 24.3 Å². The van der Waals surface area contributed by atoms with Crippen LogP contribution in [0.5, 0.6) is 0 Å².